The van der Waals surface area contributed by atoms with Crippen molar-refractivity contribution in [2.75, 3.05) is 13.1 Å². The monoisotopic (exact) mass is 296 g/mol. The Morgan fingerprint density at radius 3 is 2.50 bits per heavy atom. The fourth-order valence-corrected chi connectivity index (χ4v) is 3.10. The Hall–Kier alpha value is -1.81. The maximum Gasteiger partial charge on any atom is 0.127 e. The summed E-state index contributed by atoms with van der Waals surface area (Å²) in [5, 5.41) is 0. The van der Waals surface area contributed by atoms with Crippen LogP contribution in [-0.4, -0.2) is 32.9 Å². The van der Waals surface area contributed by atoms with Crippen molar-refractivity contribution >= 4 is 0 Å². The van der Waals surface area contributed by atoms with E-state index in [0.29, 0.717) is 0 Å². The summed E-state index contributed by atoms with van der Waals surface area (Å²) in [7, 11) is 0. The van der Waals surface area contributed by atoms with Gasteiger partial charge in [-0.2, -0.15) is 0 Å². The number of likely N-dealkylation sites (tertiary alicyclic amines) is 1. The first-order valence-corrected chi connectivity index (χ1v) is 8.24. The van der Waals surface area contributed by atoms with Crippen LogP contribution in [0, 0.1) is 5.92 Å². The van der Waals surface area contributed by atoms with E-state index in [1.54, 1.807) is 0 Å². The third-order valence-corrected chi connectivity index (χ3v) is 4.44. The number of hydrogen-bond acceptors (Lipinski definition) is 4. The molecule has 2 aromatic heterocycles. The predicted molar refractivity (Wildman–Crippen MR) is 87.4 cm³/mol. The minimum atomic E-state index is 0.791. The van der Waals surface area contributed by atoms with Gasteiger partial charge in [0, 0.05) is 43.3 Å². The Balaban J connectivity index is 1.47. The van der Waals surface area contributed by atoms with Crippen molar-refractivity contribution in [1.29, 1.82) is 0 Å². The number of pyridine rings is 1. The van der Waals surface area contributed by atoms with E-state index < -0.39 is 0 Å². The normalized spacial score (nSPS) is 16.8. The van der Waals surface area contributed by atoms with Crippen LogP contribution in [0.1, 0.15) is 36.7 Å². The fourth-order valence-electron chi connectivity index (χ4n) is 3.10. The van der Waals surface area contributed by atoms with Crippen LogP contribution in [0.25, 0.3) is 0 Å². The van der Waals surface area contributed by atoms with Crippen LogP contribution in [0.5, 0.6) is 0 Å². The van der Waals surface area contributed by atoms with E-state index in [4.69, 9.17) is 0 Å². The number of piperidine rings is 1. The van der Waals surface area contributed by atoms with Gasteiger partial charge in [-0.05, 0) is 49.9 Å². The summed E-state index contributed by atoms with van der Waals surface area (Å²) in [4.78, 5) is 15.5. The molecule has 3 rings (SSSR count). The van der Waals surface area contributed by atoms with Gasteiger partial charge in [0.2, 0.25) is 0 Å². The lowest BCUT2D eigenvalue weighted by atomic mass is 9.90. The third-order valence-electron chi connectivity index (χ3n) is 4.44. The lowest BCUT2D eigenvalue weighted by Crippen LogP contribution is -2.34. The van der Waals surface area contributed by atoms with E-state index >= 15 is 0 Å². The number of aryl methyl sites for hydroxylation is 1. The van der Waals surface area contributed by atoms with E-state index in [9.17, 15) is 0 Å². The van der Waals surface area contributed by atoms with Crippen LogP contribution in [0.2, 0.25) is 0 Å². The molecule has 0 bridgehead atoms. The molecule has 1 saturated heterocycles. The standard InChI is InChI=1S/C18H24N4/c1-2-18-20-12-17(13-21-18)14-22-8-5-15(6-9-22)10-16-4-3-7-19-11-16/h3-4,7,11-13,15H,2,5-6,8-10,14H2,1H3. The maximum absolute atomic E-state index is 4.39. The lowest BCUT2D eigenvalue weighted by Gasteiger charge is -2.31. The minimum Gasteiger partial charge on any atom is -0.299 e. The third kappa shape index (κ3) is 4.10. The first-order valence-electron chi connectivity index (χ1n) is 8.24. The summed E-state index contributed by atoms with van der Waals surface area (Å²) < 4.78 is 0. The van der Waals surface area contributed by atoms with Crippen molar-refractivity contribution in [1.82, 2.24) is 19.9 Å². The second-order valence-electron chi connectivity index (χ2n) is 6.15. The van der Waals surface area contributed by atoms with Crippen LogP contribution in [-0.2, 0) is 19.4 Å². The van der Waals surface area contributed by atoms with Crippen molar-refractivity contribution in [3.8, 4) is 0 Å². The molecule has 3 heterocycles. The van der Waals surface area contributed by atoms with Gasteiger partial charge in [0.1, 0.15) is 5.82 Å². The molecule has 0 aliphatic carbocycles. The summed E-state index contributed by atoms with van der Waals surface area (Å²) in [6.45, 7) is 5.40. The van der Waals surface area contributed by atoms with Gasteiger partial charge in [-0.1, -0.05) is 13.0 Å². The van der Waals surface area contributed by atoms with E-state index in [1.807, 2.05) is 30.9 Å². The number of rotatable bonds is 5. The zero-order valence-corrected chi connectivity index (χ0v) is 13.3. The minimum absolute atomic E-state index is 0.791. The van der Waals surface area contributed by atoms with Crippen molar-refractivity contribution in [3.63, 3.8) is 0 Å². The predicted octanol–water partition coefficient (Wildman–Crippen LogP) is 2.89. The van der Waals surface area contributed by atoms with E-state index in [-0.39, 0.29) is 0 Å². The van der Waals surface area contributed by atoms with Crippen LogP contribution in [0.15, 0.2) is 36.9 Å². The average Bonchev–Trinajstić information content (AvgIpc) is 2.58. The van der Waals surface area contributed by atoms with Gasteiger partial charge in [0.25, 0.3) is 0 Å². The summed E-state index contributed by atoms with van der Waals surface area (Å²) in [5.41, 5.74) is 2.59. The van der Waals surface area contributed by atoms with Crippen molar-refractivity contribution < 1.29 is 0 Å². The van der Waals surface area contributed by atoms with Gasteiger partial charge in [0.15, 0.2) is 0 Å². The Labute approximate surface area is 132 Å². The Morgan fingerprint density at radius 2 is 1.86 bits per heavy atom. The fraction of sp³-hybridized carbons (Fsp3) is 0.500. The highest BCUT2D eigenvalue weighted by Crippen LogP contribution is 2.22. The molecule has 4 nitrogen and oxygen atoms in total. The SMILES string of the molecule is CCc1ncc(CN2CCC(Cc3cccnc3)CC2)cn1. The molecular formula is C18H24N4. The van der Waals surface area contributed by atoms with Crippen LogP contribution in [0.4, 0.5) is 0 Å². The molecule has 1 fully saturated rings. The maximum atomic E-state index is 4.39. The molecule has 0 radical (unpaired) electrons. The Morgan fingerprint density at radius 1 is 1.09 bits per heavy atom. The molecule has 0 spiro atoms. The zero-order valence-electron chi connectivity index (χ0n) is 13.3. The van der Waals surface area contributed by atoms with Crippen molar-refractivity contribution in [2.45, 2.75) is 39.2 Å². The smallest absolute Gasteiger partial charge is 0.127 e. The molecule has 22 heavy (non-hydrogen) atoms. The van der Waals surface area contributed by atoms with E-state index in [2.05, 4.69) is 32.8 Å². The number of aromatic nitrogens is 3. The number of nitrogens with zero attached hydrogens (tertiary/aromatic N) is 4. The Bertz CT molecular complexity index is 559. The molecule has 0 amide bonds. The molecule has 0 saturated carbocycles. The second kappa shape index (κ2) is 7.45. The van der Waals surface area contributed by atoms with Gasteiger partial charge in [-0.25, -0.2) is 9.97 Å². The first-order chi connectivity index (χ1) is 10.8. The van der Waals surface area contributed by atoms with Crippen molar-refractivity contribution in [3.05, 3.63) is 53.9 Å². The Kier molecular flexibility index (Phi) is 5.11. The van der Waals surface area contributed by atoms with Gasteiger partial charge in [-0.3, -0.25) is 9.88 Å². The summed E-state index contributed by atoms with van der Waals surface area (Å²) in [6, 6.07) is 4.22. The molecule has 0 atom stereocenters. The van der Waals surface area contributed by atoms with Crippen LogP contribution >= 0.6 is 0 Å². The van der Waals surface area contributed by atoms with Gasteiger partial charge >= 0.3 is 0 Å². The quantitative estimate of drug-likeness (QED) is 0.851. The average molecular weight is 296 g/mol. The molecule has 1 aliphatic rings. The summed E-state index contributed by atoms with van der Waals surface area (Å²) in [5.74, 6) is 1.72. The lowest BCUT2D eigenvalue weighted by molar-refractivity contribution is 0.176. The largest absolute Gasteiger partial charge is 0.299 e. The molecule has 2 aromatic rings. The summed E-state index contributed by atoms with van der Waals surface area (Å²) >= 11 is 0. The topological polar surface area (TPSA) is 41.9 Å². The van der Waals surface area contributed by atoms with Gasteiger partial charge < -0.3 is 0 Å². The van der Waals surface area contributed by atoms with Crippen molar-refractivity contribution in [2.24, 2.45) is 5.92 Å². The molecule has 1 aliphatic heterocycles. The zero-order chi connectivity index (χ0) is 15.2. The molecule has 4 heteroatoms. The highest BCUT2D eigenvalue weighted by molar-refractivity contribution is 5.10. The second-order valence-corrected chi connectivity index (χ2v) is 6.15. The molecule has 116 valence electrons. The first kappa shape index (κ1) is 15.1. The molecule has 0 aromatic carbocycles. The molecule has 0 unspecified atom stereocenters. The molecular weight excluding hydrogens is 272 g/mol. The van der Waals surface area contributed by atoms with E-state index in [0.717, 1.165) is 31.1 Å². The van der Waals surface area contributed by atoms with Crippen LogP contribution < -0.4 is 0 Å². The van der Waals surface area contributed by atoms with Crippen LogP contribution in [0.3, 0.4) is 0 Å². The van der Waals surface area contributed by atoms with Gasteiger partial charge in [-0.15, -0.1) is 0 Å². The molecule has 0 N–H and O–H groups in total. The number of hydrogen-bond donors (Lipinski definition) is 0. The van der Waals surface area contributed by atoms with Gasteiger partial charge in [0.05, 0.1) is 0 Å². The summed E-state index contributed by atoms with van der Waals surface area (Å²) in [6.07, 6.45) is 12.4. The highest BCUT2D eigenvalue weighted by atomic mass is 15.1. The van der Waals surface area contributed by atoms with E-state index in [1.165, 1.54) is 37.1 Å². The highest BCUT2D eigenvalue weighted by Gasteiger charge is 2.19.